The van der Waals surface area contributed by atoms with Gasteiger partial charge in [0.25, 0.3) is 0 Å². The second-order valence-electron chi connectivity index (χ2n) is 5.16. The summed E-state index contributed by atoms with van der Waals surface area (Å²) < 4.78 is 19.6. The minimum atomic E-state index is -0.397. The molecule has 0 spiro atoms. The fourth-order valence-electron chi connectivity index (χ4n) is 2.03. The monoisotopic (exact) mass is 307 g/mol. The van der Waals surface area contributed by atoms with E-state index in [1.807, 2.05) is 19.9 Å². The molecule has 2 N–H and O–H groups in total. The van der Waals surface area contributed by atoms with Crippen molar-refractivity contribution in [2.75, 3.05) is 0 Å². The Hall–Kier alpha value is -1.58. The minimum Gasteiger partial charge on any atom is -0.454 e. The summed E-state index contributed by atoms with van der Waals surface area (Å²) in [5, 5.41) is 0.548. The fourth-order valence-corrected chi connectivity index (χ4v) is 2.19. The Kier molecular flexibility index (Phi) is 5.21. The molecule has 0 aliphatic rings. The zero-order chi connectivity index (χ0) is 15.4. The van der Waals surface area contributed by atoms with Crippen LogP contribution in [0.15, 0.2) is 36.4 Å². The summed E-state index contributed by atoms with van der Waals surface area (Å²) in [6, 6.07) is 10.2. The van der Waals surface area contributed by atoms with Crippen LogP contribution in [0.5, 0.6) is 11.5 Å². The Morgan fingerprint density at radius 2 is 1.95 bits per heavy atom. The van der Waals surface area contributed by atoms with Crippen molar-refractivity contribution in [3.63, 3.8) is 0 Å². The van der Waals surface area contributed by atoms with Gasteiger partial charge in [-0.1, -0.05) is 30.7 Å². The summed E-state index contributed by atoms with van der Waals surface area (Å²) in [5.41, 5.74) is 7.85. The molecule has 2 aromatic rings. The van der Waals surface area contributed by atoms with E-state index in [1.54, 1.807) is 24.3 Å². The van der Waals surface area contributed by atoms with Gasteiger partial charge in [0.2, 0.25) is 0 Å². The molecule has 0 bridgehead atoms. The lowest BCUT2D eigenvalue weighted by molar-refractivity contribution is 0.435. The maximum Gasteiger partial charge on any atom is 0.165 e. The van der Waals surface area contributed by atoms with E-state index < -0.39 is 5.82 Å². The molecule has 2 aromatic carbocycles. The van der Waals surface area contributed by atoms with Gasteiger partial charge in [-0.3, -0.25) is 0 Å². The van der Waals surface area contributed by atoms with E-state index in [0.717, 1.165) is 17.5 Å². The Labute approximate surface area is 129 Å². The van der Waals surface area contributed by atoms with Gasteiger partial charge in [-0.25, -0.2) is 4.39 Å². The lowest BCUT2D eigenvalue weighted by Gasteiger charge is -2.15. The van der Waals surface area contributed by atoms with E-state index in [1.165, 1.54) is 6.07 Å². The molecule has 0 saturated carbocycles. The van der Waals surface area contributed by atoms with Crippen LogP contribution in [0, 0.1) is 12.7 Å². The number of ether oxygens (including phenoxy) is 1. The second-order valence-corrected chi connectivity index (χ2v) is 5.60. The van der Waals surface area contributed by atoms with Crippen LogP contribution in [0.4, 0.5) is 4.39 Å². The molecule has 0 aliphatic heterocycles. The molecule has 2 nitrogen and oxygen atoms in total. The van der Waals surface area contributed by atoms with Crippen LogP contribution in [-0.4, -0.2) is 6.04 Å². The van der Waals surface area contributed by atoms with Crippen molar-refractivity contribution >= 4 is 11.6 Å². The normalized spacial score (nSPS) is 12.2. The average molecular weight is 308 g/mol. The quantitative estimate of drug-likeness (QED) is 0.856. The molecule has 1 unspecified atom stereocenters. The SMILES string of the molecule is CCC(N)Cc1ccc(Cl)cc1Oc1cc(C)ccc1F. The van der Waals surface area contributed by atoms with Crippen LogP contribution in [0.25, 0.3) is 0 Å². The van der Waals surface area contributed by atoms with Crippen molar-refractivity contribution in [2.24, 2.45) is 5.73 Å². The minimum absolute atomic E-state index is 0.0379. The zero-order valence-electron chi connectivity index (χ0n) is 12.2. The molecule has 0 saturated heterocycles. The highest BCUT2D eigenvalue weighted by Crippen LogP contribution is 2.31. The third-order valence-electron chi connectivity index (χ3n) is 3.34. The Morgan fingerprint density at radius 1 is 1.19 bits per heavy atom. The van der Waals surface area contributed by atoms with E-state index in [2.05, 4.69) is 0 Å². The van der Waals surface area contributed by atoms with E-state index in [9.17, 15) is 4.39 Å². The number of benzene rings is 2. The molecule has 0 aliphatic carbocycles. The molecule has 0 aromatic heterocycles. The maximum absolute atomic E-state index is 13.8. The molecule has 0 fully saturated rings. The third-order valence-corrected chi connectivity index (χ3v) is 3.58. The highest BCUT2D eigenvalue weighted by molar-refractivity contribution is 6.30. The Balaban J connectivity index is 2.33. The van der Waals surface area contributed by atoms with Crippen molar-refractivity contribution in [1.82, 2.24) is 0 Å². The van der Waals surface area contributed by atoms with Crippen LogP contribution >= 0.6 is 11.6 Å². The summed E-state index contributed by atoms with van der Waals surface area (Å²) in [6.45, 7) is 3.92. The standard InChI is InChI=1S/C17H19ClFNO/c1-3-14(20)9-12-5-6-13(18)10-16(12)21-17-8-11(2)4-7-15(17)19/h4-8,10,14H,3,9,20H2,1-2H3. The molecular formula is C17H19ClFNO. The van der Waals surface area contributed by atoms with Gasteiger partial charge in [0.05, 0.1) is 0 Å². The van der Waals surface area contributed by atoms with Crippen LogP contribution in [0.3, 0.4) is 0 Å². The average Bonchev–Trinajstić information content (AvgIpc) is 2.45. The topological polar surface area (TPSA) is 35.2 Å². The van der Waals surface area contributed by atoms with Crippen molar-refractivity contribution in [2.45, 2.75) is 32.7 Å². The Bertz CT molecular complexity index is 630. The number of hydrogen-bond donors (Lipinski definition) is 1. The first-order valence-electron chi connectivity index (χ1n) is 6.97. The lowest BCUT2D eigenvalue weighted by Crippen LogP contribution is -2.21. The molecule has 1 atom stereocenters. The summed E-state index contributed by atoms with van der Waals surface area (Å²) in [4.78, 5) is 0. The van der Waals surface area contributed by atoms with Crippen LogP contribution in [-0.2, 0) is 6.42 Å². The van der Waals surface area contributed by atoms with Crippen LogP contribution < -0.4 is 10.5 Å². The first kappa shape index (κ1) is 15.8. The summed E-state index contributed by atoms with van der Waals surface area (Å²) in [7, 11) is 0. The van der Waals surface area contributed by atoms with E-state index in [0.29, 0.717) is 17.2 Å². The lowest BCUT2D eigenvalue weighted by atomic mass is 10.0. The van der Waals surface area contributed by atoms with Crippen molar-refractivity contribution in [3.05, 3.63) is 58.4 Å². The van der Waals surface area contributed by atoms with Gasteiger partial charge in [-0.2, -0.15) is 0 Å². The maximum atomic E-state index is 13.8. The van der Waals surface area contributed by atoms with Crippen molar-refractivity contribution in [3.8, 4) is 11.5 Å². The number of nitrogens with two attached hydrogens (primary N) is 1. The number of rotatable bonds is 5. The fraction of sp³-hybridized carbons (Fsp3) is 0.294. The molecule has 2 rings (SSSR count). The highest BCUT2D eigenvalue weighted by Gasteiger charge is 2.12. The van der Waals surface area contributed by atoms with Gasteiger partial charge in [-0.15, -0.1) is 0 Å². The summed E-state index contributed by atoms with van der Waals surface area (Å²) in [5.74, 6) is 0.353. The van der Waals surface area contributed by atoms with E-state index in [4.69, 9.17) is 22.1 Å². The number of halogens is 2. The molecule has 0 radical (unpaired) electrons. The molecule has 112 valence electrons. The second kappa shape index (κ2) is 6.92. The molecule has 4 heteroatoms. The van der Waals surface area contributed by atoms with Gasteiger partial charge >= 0.3 is 0 Å². The summed E-state index contributed by atoms with van der Waals surface area (Å²) in [6.07, 6.45) is 1.53. The van der Waals surface area contributed by atoms with E-state index in [-0.39, 0.29) is 11.8 Å². The predicted octanol–water partition coefficient (Wildman–Crippen LogP) is 4.86. The Morgan fingerprint density at radius 3 is 2.67 bits per heavy atom. The smallest absolute Gasteiger partial charge is 0.165 e. The number of hydrogen-bond acceptors (Lipinski definition) is 2. The predicted molar refractivity (Wildman–Crippen MR) is 84.6 cm³/mol. The van der Waals surface area contributed by atoms with Gasteiger partial charge in [0, 0.05) is 11.1 Å². The third kappa shape index (κ3) is 4.19. The molecular weight excluding hydrogens is 289 g/mol. The van der Waals surface area contributed by atoms with Gasteiger partial charge in [0.1, 0.15) is 5.75 Å². The largest absolute Gasteiger partial charge is 0.454 e. The zero-order valence-corrected chi connectivity index (χ0v) is 13.0. The molecule has 0 amide bonds. The first-order chi connectivity index (χ1) is 9.99. The van der Waals surface area contributed by atoms with Crippen molar-refractivity contribution < 1.29 is 9.13 Å². The van der Waals surface area contributed by atoms with Gasteiger partial charge in [-0.05, 0) is 55.2 Å². The van der Waals surface area contributed by atoms with Crippen LogP contribution in [0.2, 0.25) is 5.02 Å². The summed E-state index contributed by atoms with van der Waals surface area (Å²) >= 11 is 6.02. The van der Waals surface area contributed by atoms with E-state index >= 15 is 0 Å². The van der Waals surface area contributed by atoms with Crippen molar-refractivity contribution in [1.29, 1.82) is 0 Å². The highest BCUT2D eigenvalue weighted by atomic mass is 35.5. The van der Waals surface area contributed by atoms with Crippen LogP contribution in [0.1, 0.15) is 24.5 Å². The van der Waals surface area contributed by atoms with Gasteiger partial charge < -0.3 is 10.5 Å². The molecule has 0 heterocycles. The number of aryl methyl sites for hydroxylation is 1. The van der Waals surface area contributed by atoms with Gasteiger partial charge in [0.15, 0.2) is 11.6 Å². The first-order valence-corrected chi connectivity index (χ1v) is 7.35. The molecule has 21 heavy (non-hydrogen) atoms.